The second kappa shape index (κ2) is 6.30. The van der Waals surface area contributed by atoms with E-state index in [0.717, 1.165) is 50.7 Å². The maximum absolute atomic E-state index is 12.8. The Hall–Kier alpha value is -1.50. The van der Waals surface area contributed by atoms with E-state index in [1.165, 1.54) is 6.07 Å². The molecule has 1 aromatic rings. The molecule has 0 radical (unpaired) electrons. The molecule has 20 heavy (non-hydrogen) atoms. The summed E-state index contributed by atoms with van der Waals surface area (Å²) in [7, 11) is 0. The highest BCUT2D eigenvalue weighted by Gasteiger charge is 2.32. The Bertz CT molecular complexity index is 479. The lowest BCUT2D eigenvalue weighted by Crippen LogP contribution is -2.12. The van der Waals surface area contributed by atoms with Crippen LogP contribution in [0.2, 0.25) is 0 Å². The van der Waals surface area contributed by atoms with Gasteiger partial charge in [0, 0.05) is 0 Å². The molecule has 1 aromatic carbocycles. The summed E-state index contributed by atoms with van der Waals surface area (Å²) < 4.78 is 38.3. The third-order valence-corrected chi connectivity index (χ3v) is 4.08. The first-order valence-electron chi connectivity index (χ1n) is 7.09. The number of nitriles is 1. The molecule has 1 unspecified atom stereocenters. The van der Waals surface area contributed by atoms with Gasteiger partial charge >= 0.3 is 6.18 Å². The second-order valence-corrected chi connectivity index (χ2v) is 5.48. The summed E-state index contributed by atoms with van der Waals surface area (Å²) in [5, 5.41) is 9.39. The van der Waals surface area contributed by atoms with Gasteiger partial charge in [0.15, 0.2) is 0 Å². The van der Waals surface area contributed by atoms with Gasteiger partial charge in [0.05, 0.1) is 17.6 Å². The van der Waals surface area contributed by atoms with Gasteiger partial charge in [-0.05, 0) is 30.4 Å². The first-order chi connectivity index (χ1) is 9.52. The summed E-state index contributed by atoms with van der Waals surface area (Å²) in [6.45, 7) is 0. The zero-order chi connectivity index (χ0) is 14.6. The molecule has 0 aliphatic heterocycles. The van der Waals surface area contributed by atoms with E-state index in [9.17, 15) is 18.4 Å². The molecule has 108 valence electrons. The predicted molar refractivity (Wildman–Crippen MR) is 71.0 cm³/mol. The van der Waals surface area contributed by atoms with E-state index in [4.69, 9.17) is 0 Å². The molecule has 0 spiro atoms. The molecule has 0 bridgehead atoms. The molecular weight excluding hydrogens is 263 g/mol. The van der Waals surface area contributed by atoms with Crippen LogP contribution in [-0.2, 0) is 6.18 Å². The van der Waals surface area contributed by atoms with Gasteiger partial charge in [0.25, 0.3) is 0 Å². The third-order valence-electron chi connectivity index (χ3n) is 4.08. The maximum atomic E-state index is 12.8. The number of hydrogen-bond acceptors (Lipinski definition) is 1. The molecule has 1 fully saturated rings. The minimum atomic E-state index is -4.35. The van der Waals surface area contributed by atoms with Crippen LogP contribution in [0.5, 0.6) is 0 Å². The second-order valence-electron chi connectivity index (χ2n) is 5.48. The highest BCUT2D eigenvalue weighted by Crippen LogP contribution is 2.37. The molecule has 0 N–H and O–H groups in total. The Morgan fingerprint density at radius 2 is 1.75 bits per heavy atom. The molecule has 0 heterocycles. The summed E-state index contributed by atoms with van der Waals surface area (Å²) in [5.74, 6) is -0.235. The van der Waals surface area contributed by atoms with Crippen molar-refractivity contribution in [3.05, 3.63) is 35.4 Å². The maximum Gasteiger partial charge on any atom is 0.416 e. The van der Waals surface area contributed by atoms with Crippen molar-refractivity contribution >= 4 is 0 Å². The van der Waals surface area contributed by atoms with Crippen molar-refractivity contribution < 1.29 is 13.2 Å². The van der Waals surface area contributed by atoms with Crippen LogP contribution < -0.4 is 0 Å². The Labute approximate surface area is 117 Å². The molecule has 0 aromatic heterocycles. The first kappa shape index (κ1) is 14.9. The van der Waals surface area contributed by atoms with Gasteiger partial charge in [-0.3, -0.25) is 0 Å². The van der Waals surface area contributed by atoms with Gasteiger partial charge in [-0.25, -0.2) is 0 Å². The van der Waals surface area contributed by atoms with Crippen molar-refractivity contribution in [2.45, 2.75) is 50.6 Å². The Kier molecular flexibility index (Phi) is 4.69. The number of hydrogen-bond donors (Lipinski definition) is 0. The van der Waals surface area contributed by atoms with Crippen molar-refractivity contribution in [2.75, 3.05) is 0 Å². The van der Waals surface area contributed by atoms with Crippen molar-refractivity contribution in [3.8, 4) is 6.07 Å². The fraction of sp³-hybridized carbons (Fsp3) is 0.562. The molecule has 1 aliphatic carbocycles. The number of halogens is 3. The largest absolute Gasteiger partial charge is 0.416 e. The van der Waals surface area contributed by atoms with E-state index >= 15 is 0 Å². The van der Waals surface area contributed by atoms with Crippen LogP contribution in [0.3, 0.4) is 0 Å². The van der Waals surface area contributed by atoms with Crippen molar-refractivity contribution in [3.63, 3.8) is 0 Å². The lowest BCUT2D eigenvalue weighted by molar-refractivity contribution is -0.137. The number of nitrogens with zero attached hydrogens (tertiary/aromatic N) is 1. The SMILES string of the molecule is N#CC(c1cccc(C(F)(F)F)c1)C1CCCCCC1. The van der Waals surface area contributed by atoms with Crippen LogP contribution in [0.4, 0.5) is 13.2 Å². The van der Waals surface area contributed by atoms with E-state index in [1.807, 2.05) is 0 Å². The first-order valence-corrected chi connectivity index (χ1v) is 7.09. The van der Waals surface area contributed by atoms with E-state index in [2.05, 4.69) is 6.07 Å². The van der Waals surface area contributed by atoms with E-state index in [-0.39, 0.29) is 5.92 Å². The monoisotopic (exact) mass is 281 g/mol. The van der Waals surface area contributed by atoms with E-state index < -0.39 is 17.7 Å². The lowest BCUT2D eigenvalue weighted by Gasteiger charge is -2.21. The fourth-order valence-corrected chi connectivity index (χ4v) is 3.00. The zero-order valence-corrected chi connectivity index (χ0v) is 11.3. The van der Waals surface area contributed by atoms with E-state index in [0.29, 0.717) is 5.56 Å². The molecule has 1 nitrogen and oxygen atoms in total. The average Bonchev–Trinajstić information content (AvgIpc) is 2.68. The van der Waals surface area contributed by atoms with Crippen LogP contribution in [0.25, 0.3) is 0 Å². The quantitative estimate of drug-likeness (QED) is 0.676. The molecule has 1 atom stereocenters. The topological polar surface area (TPSA) is 23.8 Å². The van der Waals surface area contributed by atoms with Crippen LogP contribution in [0.1, 0.15) is 55.6 Å². The van der Waals surface area contributed by atoms with Gasteiger partial charge in [-0.15, -0.1) is 0 Å². The molecule has 0 amide bonds. The Morgan fingerprint density at radius 3 is 2.30 bits per heavy atom. The summed E-state index contributed by atoms with van der Waals surface area (Å²) in [4.78, 5) is 0. The third kappa shape index (κ3) is 3.53. The molecule has 4 heteroatoms. The molecule has 0 saturated heterocycles. The fourth-order valence-electron chi connectivity index (χ4n) is 3.00. The minimum absolute atomic E-state index is 0.186. The van der Waals surface area contributed by atoms with Crippen LogP contribution >= 0.6 is 0 Å². The number of benzene rings is 1. The van der Waals surface area contributed by atoms with Gasteiger partial charge < -0.3 is 0 Å². The van der Waals surface area contributed by atoms with Crippen molar-refractivity contribution in [1.82, 2.24) is 0 Å². The van der Waals surface area contributed by atoms with Crippen LogP contribution in [0.15, 0.2) is 24.3 Å². The minimum Gasteiger partial charge on any atom is -0.198 e. The Morgan fingerprint density at radius 1 is 1.10 bits per heavy atom. The van der Waals surface area contributed by atoms with Crippen molar-refractivity contribution in [2.24, 2.45) is 5.92 Å². The lowest BCUT2D eigenvalue weighted by atomic mass is 9.82. The number of rotatable bonds is 2. The predicted octanol–water partition coefficient (Wildman–Crippen LogP) is 5.28. The normalized spacial score (nSPS) is 19.1. The van der Waals surface area contributed by atoms with Crippen LogP contribution in [-0.4, -0.2) is 0 Å². The Balaban J connectivity index is 2.25. The van der Waals surface area contributed by atoms with Crippen molar-refractivity contribution in [1.29, 1.82) is 5.26 Å². The summed E-state index contributed by atoms with van der Waals surface area (Å²) in [5.41, 5.74) is -0.155. The van der Waals surface area contributed by atoms with Gasteiger partial charge in [-0.2, -0.15) is 18.4 Å². The zero-order valence-electron chi connectivity index (χ0n) is 11.3. The standard InChI is InChI=1S/C16H18F3N/c17-16(18,19)14-9-5-8-13(10-14)15(11-20)12-6-3-1-2-4-7-12/h5,8-10,12,15H,1-4,6-7H2. The summed E-state index contributed by atoms with van der Waals surface area (Å²) in [6, 6.07) is 7.47. The van der Waals surface area contributed by atoms with Gasteiger partial charge in [-0.1, -0.05) is 43.9 Å². The van der Waals surface area contributed by atoms with E-state index in [1.54, 1.807) is 6.07 Å². The highest BCUT2D eigenvalue weighted by molar-refractivity contribution is 5.32. The molecular formula is C16H18F3N. The molecule has 1 aliphatic rings. The number of alkyl halides is 3. The molecule has 1 saturated carbocycles. The summed E-state index contributed by atoms with van der Waals surface area (Å²) >= 11 is 0. The highest BCUT2D eigenvalue weighted by atomic mass is 19.4. The summed E-state index contributed by atoms with van der Waals surface area (Å²) in [6.07, 6.45) is 2.00. The molecule has 2 rings (SSSR count). The van der Waals surface area contributed by atoms with Crippen LogP contribution in [0, 0.1) is 17.2 Å². The average molecular weight is 281 g/mol. The van der Waals surface area contributed by atoms with Gasteiger partial charge in [0.1, 0.15) is 0 Å². The smallest absolute Gasteiger partial charge is 0.198 e. The van der Waals surface area contributed by atoms with Gasteiger partial charge in [0.2, 0.25) is 0 Å².